The summed E-state index contributed by atoms with van der Waals surface area (Å²) in [5.74, 6) is 0. The topological polar surface area (TPSA) is 9.23 Å². The third-order valence-corrected chi connectivity index (χ3v) is 5.75. The highest BCUT2D eigenvalue weighted by atomic mass is 28.3. The molecule has 2 aromatic rings. The van der Waals surface area contributed by atoms with E-state index in [9.17, 15) is 0 Å². The first-order valence-electron chi connectivity index (χ1n) is 7.77. The van der Waals surface area contributed by atoms with Crippen LogP contribution >= 0.6 is 0 Å². The molecule has 0 atom stereocenters. The summed E-state index contributed by atoms with van der Waals surface area (Å²) < 4.78 is 5.73. The molecule has 0 spiro atoms. The van der Waals surface area contributed by atoms with Crippen LogP contribution in [0.2, 0.25) is 19.6 Å². The molecule has 0 heterocycles. The summed E-state index contributed by atoms with van der Waals surface area (Å²) in [5, 5.41) is 1.53. The zero-order valence-electron chi connectivity index (χ0n) is 13.4. The Bertz CT molecular complexity index is 526. The van der Waals surface area contributed by atoms with Gasteiger partial charge in [-0.3, -0.25) is 0 Å². The molecule has 0 saturated carbocycles. The monoisotopic (exact) mass is 298 g/mol. The first kappa shape index (κ1) is 16.0. The lowest BCUT2D eigenvalue weighted by Gasteiger charge is -2.16. The van der Waals surface area contributed by atoms with Gasteiger partial charge in [0.1, 0.15) is 0 Å². The maximum atomic E-state index is 5.73. The van der Waals surface area contributed by atoms with Crippen LogP contribution in [0.5, 0.6) is 0 Å². The number of rotatable bonds is 7. The van der Waals surface area contributed by atoms with Crippen LogP contribution in [0.1, 0.15) is 17.5 Å². The second-order valence-electron chi connectivity index (χ2n) is 6.59. The predicted octanol–water partition coefficient (Wildman–Crippen LogP) is 4.38. The molecular formula is C19H26OSi. The van der Waals surface area contributed by atoms with Gasteiger partial charge in [0.05, 0.1) is 14.7 Å². The smallest absolute Gasteiger partial charge is 0.0775 e. The van der Waals surface area contributed by atoms with Crippen LogP contribution in [0.3, 0.4) is 0 Å². The molecule has 0 amide bonds. The van der Waals surface area contributed by atoms with Gasteiger partial charge in [-0.1, -0.05) is 79.4 Å². The van der Waals surface area contributed by atoms with Crippen LogP contribution in [-0.2, 0) is 17.8 Å². The second-order valence-corrected chi connectivity index (χ2v) is 11.7. The van der Waals surface area contributed by atoms with Gasteiger partial charge >= 0.3 is 0 Å². The van der Waals surface area contributed by atoms with E-state index in [2.05, 4.69) is 68.2 Å². The summed E-state index contributed by atoms with van der Waals surface area (Å²) in [6.07, 6.45) is 2.18. The van der Waals surface area contributed by atoms with Crippen molar-refractivity contribution in [2.45, 2.75) is 39.1 Å². The van der Waals surface area contributed by atoms with E-state index in [0.29, 0.717) is 0 Å². The Labute approximate surface area is 130 Å². The Morgan fingerprint density at radius 1 is 0.810 bits per heavy atom. The largest absolute Gasteiger partial charge is 0.377 e. The summed E-state index contributed by atoms with van der Waals surface area (Å²) in [7, 11) is -1.16. The number of hydrogen-bond donors (Lipinski definition) is 0. The minimum Gasteiger partial charge on any atom is -0.377 e. The summed E-state index contributed by atoms with van der Waals surface area (Å²) in [4.78, 5) is 0. The van der Waals surface area contributed by atoms with Gasteiger partial charge in [0.2, 0.25) is 0 Å². The maximum Gasteiger partial charge on any atom is 0.0775 e. The first-order chi connectivity index (χ1) is 10.1. The highest BCUT2D eigenvalue weighted by Crippen LogP contribution is 2.07. The van der Waals surface area contributed by atoms with Crippen LogP contribution in [0.4, 0.5) is 0 Å². The van der Waals surface area contributed by atoms with E-state index in [4.69, 9.17) is 4.74 Å². The van der Waals surface area contributed by atoms with Gasteiger partial charge < -0.3 is 4.74 Å². The van der Waals surface area contributed by atoms with Crippen molar-refractivity contribution in [3.8, 4) is 0 Å². The molecule has 1 nitrogen and oxygen atoms in total. The van der Waals surface area contributed by atoms with Gasteiger partial charge in [0, 0.05) is 6.61 Å². The third kappa shape index (κ3) is 5.48. The highest BCUT2D eigenvalue weighted by molar-refractivity contribution is 6.88. The van der Waals surface area contributed by atoms with Crippen molar-refractivity contribution in [1.29, 1.82) is 0 Å². The molecule has 2 heteroatoms. The molecule has 0 fully saturated rings. The van der Waals surface area contributed by atoms with Crippen LogP contribution < -0.4 is 5.19 Å². The quantitative estimate of drug-likeness (QED) is 0.544. The lowest BCUT2D eigenvalue weighted by atomic mass is 10.1. The Hall–Kier alpha value is -1.38. The average molecular weight is 299 g/mol. The Kier molecular flexibility index (Phi) is 5.77. The van der Waals surface area contributed by atoms with E-state index in [1.165, 1.54) is 16.3 Å². The minimum atomic E-state index is -1.16. The first-order valence-corrected chi connectivity index (χ1v) is 11.3. The molecule has 112 valence electrons. The summed E-state index contributed by atoms with van der Waals surface area (Å²) in [6.45, 7) is 8.71. The molecule has 0 aliphatic heterocycles. The zero-order chi connectivity index (χ0) is 15.1. The van der Waals surface area contributed by atoms with Crippen molar-refractivity contribution in [2.24, 2.45) is 0 Å². The van der Waals surface area contributed by atoms with Gasteiger partial charge in [0.15, 0.2) is 0 Å². The van der Waals surface area contributed by atoms with E-state index >= 15 is 0 Å². The van der Waals surface area contributed by atoms with Crippen molar-refractivity contribution in [3.63, 3.8) is 0 Å². The molecule has 0 aliphatic carbocycles. The molecule has 0 unspecified atom stereocenters. The number of aryl methyl sites for hydroxylation is 1. The van der Waals surface area contributed by atoms with E-state index in [1.807, 2.05) is 6.07 Å². The van der Waals surface area contributed by atoms with E-state index in [1.54, 1.807) is 0 Å². The molecule has 0 aromatic heterocycles. The molecule has 2 rings (SSSR count). The molecule has 0 saturated heterocycles. The Morgan fingerprint density at radius 2 is 1.48 bits per heavy atom. The van der Waals surface area contributed by atoms with Gasteiger partial charge in [-0.2, -0.15) is 0 Å². The van der Waals surface area contributed by atoms with Crippen molar-refractivity contribution in [3.05, 3.63) is 65.7 Å². The Balaban J connectivity index is 1.69. The third-order valence-electron chi connectivity index (χ3n) is 3.69. The maximum absolute atomic E-state index is 5.73. The standard InChI is InChI=1S/C19H26OSi/c1-21(2,3)19-13-11-17(12-14-19)10-7-15-20-16-18-8-5-4-6-9-18/h4-6,8-9,11-14H,7,10,15-16H2,1-3H3. The van der Waals surface area contributed by atoms with E-state index < -0.39 is 8.07 Å². The average Bonchev–Trinajstić information content (AvgIpc) is 2.47. The summed E-state index contributed by atoms with van der Waals surface area (Å²) in [5.41, 5.74) is 2.66. The van der Waals surface area contributed by atoms with E-state index in [-0.39, 0.29) is 0 Å². The number of benzene rings is 2. The summed E-state index contributed by atoms with van der Waals surface area (Å²) >= 11 is 0. The normalized spacial score (nSPS) is 11.6. The van der Waals surface area contributed by atoms with Crippen molar-refractivity contribution in [1.82, 2.24) is 0 Å². The van der Waals surface area contributed by atoms with Crippen molar-refractivity contribution < 1.29 is 4.74 Å². The van der Waals surface area contributed by atoms with Gasteiger partial charge in [-0.15, -0.1) is 0 Å². The predicted molar refractivity (Wildman–Crippen MR) is 93.8 cm³/mol. The van der Waals surface area contributed by atoms with Gasteiger partial charge in [-0.25, -0.2) is 0 Å². The van der Waals surface area contributed by atoms with E-state index in [0.717, 1.165) is 26.1 Å². The van der Waals surface area contributed by atoms with Gasteiger partial charge in [-0.05, 0) is 24.0 Å². The summed E-state index contributed by atoms with van der Waals surface area (Å²) in [6, 6.07) is 19.5. The molecule has 0 aliphatic rings. The molecular weight excluding hydrogens is 272 g/mol. The Morgan fingerprint density at radius 3 is 2.10 bits per heavy atom. The number of hydrogen-bond acceptors (Lipinski definition) is 1. The van der Waals surface area contributed by atoms with Crippen molar-refractivity contribution in [2.75, 3.05) is 6.61 Å². The molecule has 0 radical (unpaired) electrons. The fraction of sp³-hybridized carbons (Fsp3) is 0.368. The van der Waals surface area contributed by atoms with Crippen LogP contribution in [0, 0.1) is 0 Å². The highest BCUT2D eigenvalue weighted by Gasteiger charge is 2.15. The molecule has 0 N–H and O–H groups in total. The lowest BCUT2D eigenvalue weighted by molar-refractivity contribution is 0.118. The molecule has 2 aromatic carbocycles. The molecule has 0 bridgehead atoms. The number of ether oxygens (including phenoxy) is 1. The second kappa shape index (κ2) is 7.58. The lowest BCUT2D eigenvalue weighted by Crippen LogP contribution is -2.37. The van der Waals surface area contributed by atoms with Crippen molar-refractivity contribution >= 4 is 13.3 Å². The van der Waals surface area contributed by atoms with Crippen LogP contribution in [0.25, 0.3) is 0 Å². The van der Waals surface area contributed by atoms with Crippen LogP contribution in [-0.4, -0.2) is 14.7 Å². The molecule has 21 heavy (non-hydrogen) atoms. The SMILES string of the molecule is C[Si](C)(C)c1ccc(CCCOCc2ccccc2)cc1. The van der Waals surface area contributed by atoms with Crippen LogP contribution in [0.15, 0.2) is 54.6 Å². The fourth-order valence-corrected chi connectivity index (χ4v) is 3.48. The fourth-order valence-electron chi connectivity index (χ4n) is 2.31. The van der Waals surface area contributed by atoms with Gasteiger partial charge in [0.25, 0.3) is 0 Å². The minimum absolute atomic E-state index is 0.718. The zero-order valence-corrected chi connectivity index (χ0v) is 14.4.